The number of para-hydroxylation sites is 1. The van der Waals surface area contributed by atoms with Gasteiger partial charge in [0.2, 0.25) is 0 Å². The van der Waals surface area contributed by atoms with E-state index in [2.05, 4.69) is 29.2 Å². The smallest absolute Gasteiger partial charge is 0.0401 e. The minimum absolute atomic E-state index is 0.761. The van der Waals surface area contributed by atoms with Crippen LogP contribution in [0.25, 0.3) is 0 Å². The molecule has 1 aromatic carbocycles. The summed E-state index contributed by atoms with van der Waals surface area (Å²) in [4.78, 5) is 2.57. The number of benzene rings is 1. The quantitative estimate of drug-likeness (QED) is 0.821. The van der Waals surface area contributed by atoms with E-state index in [1.807, 2.05) is 0 Å². The summed E-state index contributed by atoms with van der Waals surface area (Å²) in [7, 11) is 0. The third-order valence-electron chi connectivity index (χ3n) is 4.17. The van der Waals surface area contributed by atoms with Gasteiger partial charge in [-0.05, 0) is 36.8 Å². The molecule has 1 aliphatic heterocycles. The van der Waals surface area contributed by atoms with E-state index in [1.165, 1.54) is 36.9 Å². The van der Waals surface area contributed by atoms with E-state index in [-0.39, 0.29) is 0 Å². The normalized spacial score (nSPS) is 27.7. The summed E-state index contributed by atoms with van der Waals surface area (Å²) < 4.78 is 0. The van der Waals surface area contributed by atoms with Gasteiger partial charge in [-0.15, -0.1) is 0 Å². The first-order chi connectivity index (χ1) is 7.90. The van der Waals surface area contributed by atoms with Crippen molar-refractivity contribution >= 4 is 5.69 Å². The molecule has 0 bridgehead atoms. The van der Waals surface area contributed by atoms with E-state index < -0.39 is 0 Å². The number of anilines is 1. The van der Waals surface area contributed by atoms with Crippen LogP contribution in [0.5, 0.6) is 0 Å². The van der Waals surface area contributed by atoms with Crippen molar-refractivity contribution in [3.63, 3.8) is 0 Å². The lowest BCUT2D eigenvalue weighted by Crippen LogP contribution is -2.45. The first kappa shape index (κ1) is 10.2. The summed E-state index contributed by atoms with van der Waals surface area (Å²) in [6.07, 6.45) is 5.44. The molecule has 2 atom stereocenters. The highest BCUT2D eigenvalue weighted by Crippen LogP contribution is 2.41. The Bertz CT molecular complexity index is 375. The molecule has 1 aliphatic carbocycles. The third-order valence-corrected chi connectivity index (χ3v) is 4.17. The lowest BCUT2D eigenvalue weighted by atomic mass is 9.87. The fourth-order valence-corrected chi connectivity index (χ4v) is 3.52. The van der Waals surface area contributed by atoms with Gasteiger partial charge in [-0.3, -0.25) is 0 Å². The van der Waals surface area contributed by atoms with Gasteiger partial charge in [0, 0.05) is 24.8 Å². The average molecular weight is 216 g/mol. The van der Waals surface area contributed by atoms with Crippen molar-refractivity contribution < 1.29 is 0 Å². The Kier molecular flexibility index (Phi) is 2.60. The molecule has 0 aromatic heterocycles. The average Bonchev–Trinajstić information content (AvgIpc) is 2.77. The largest absolute Gasteiger partial charge is 0.367 e. The van der Waals surface area contributed by atoms with E-state index in [0.717, 1.165) is 25.0 Å². The number of rotatable bonds is 2. The van der Waals surface area contributed by atoms with Crippen LogP contribution >= 0.6 is 0 Å². The maximum absolute atomic E-state index is 5.76. The fraction of sp³-hybridized carbons (Fsp3) is 0.571. The van der Waals surface area contributed by atoms with Crippen LogP contribution in [-0.2, 0) is 6.42 Å². The minimum Gasteiger partial charge on any atom is -0.367 e. The molecular weight excluding hydrogens is 196 g/mol. The Labute approximate surface area is 97.4 Å². The van der Waals surface area contributed by atoms with Crippen LogP contribution in [-0.4, -0.2) is 19.1 Å². The molecule has 0 amide bonds. The van der Waals surface area contributed by atoms with Gasteiger partial charge in [0.15, 0.2) is 0 Å². The molecule has 2 aliphatic rings. The van der Waals surface area contributed by atoms with Crippen molar-refractivity contribution in [1.29, 1.82) is 0 Å². The van der Waals surface area contributed by atoms with Gasteiger partial charge in [0.25, 0.3) is 0 Å². The molecule has 0 radical (unpaired) electrons. The second-order valence-electron chi connectivity index (χ2n) is 5.07. The van der Waals surface area contributed by atoms with Crippen LogP contribution < -0.4 is 10.6 Å². The summed E-state index contributed by atoms with van der Waals surface area (Å²) >= 11 is 0. The second kappa shape index (κ2) is 4.10. The summed E-state index contributed by atoms with van der Waals surface area (Å²) in [5.74, 6) is 0.876. The van der Waals surface area contributed by atoms with E-state index in [4.69, 9.17) is 5.73 Å². The van der Waals surface area contributed by atoms with Crippen molar-refractivity contribution in [3.05, 3.63) is 29.8 Å². The van der Waals surface area contributed by atoms with Gasteiger partial charge in [0.05, 0.1) is 0 Å². The lowest BCUT2D eigenvalue weighted by Gasteiger charge is -2.40. The van der Waals surface area contributed by atoms with Gasteiger partial charge in [-0.25, -0.2) is 0 Å². The summed E-state index contributed by atoms with van der Waals surface area (Å²) in [5, 5.41) is 0. The number of hydrogen-bond donors (Lipinski definition) is 1. The highest BCUT2D eigenvalue weighted by Gasteiger charge is 2.36. The van der Waals surface area contributed by atoms with Crippen LogP contribution in [0.2, 0.25) is 0 Å². The van der Waals surface area contributed by atoms with Crippen molar-refractivity contribution in [2.24, 2.45) is 11.7 Å². The van der Waals surface area contributed by atoms with Gasteiger partial charge >= 0.3 is 0 Å². The maximum atomic E-state index is 5.76. The maximum Gasteiger partial charge on any atom is 0.0401 e. The predicted molar refractivity (Wildman–Crippen MR) is 67.7 cm³/mol. The molecule has 1 aromatic rings. The molecule has 0 spiro atoms. The number of fused-ring (bicyclic) bond motifs is 2. The molecule has 16 heavy (non-hydrogen) atoms. The Hall–Kier alpha value is -1.02. The second-order valence-corrected chi connectivity index (χ2v) is 5.07. The number of nitrogens with zero attached hydrogens (tertiary/aromatic N) is 1. The van der Waals surface area contributed by atoms with E-state index >= 15 is 0 Å². The standard InChI is InChI=1S/C14H20N2/c15-8-9-16-13-6-2-1-4-11(13)10-12-5-3-7-14(12)16/h1-2,4,6,12,14H,3,5,7-10,15H2/t12-,14+/m0/s1. The summed E-state index contributed by atoms with van der Waals surface area (Å²) in [5.41, 5.74) is 8.73. The zero-order valence-electron chi connectivity index (χ0n) is 9.73. The Balaban J connectivity index is 1.98. The van der Waals surface area contributed by atoms with Crippen molar-refractivity contribution in [1.82, 2.24) is 0 Å². The predicted octanol–water partition coefficient (Wildman–Crippen LogP) is 2.18. The summed E-state index contributed by atoms with van der Waals surface area (Å²) in [6, 6.07) is 9.62. The molecule has 2 nitrogen and oxygen atoms in total. The number of nitrogens with two attached hydrogens (primary N) is 1. The Morgan fingerprint density at radius 2 is 2.12 bits per heavy atom. The first-order valence-corrected chi connectivity index (χ1v) is 6.45. The molecule has 2 heteroatoms. The molecular formula is C14H20N2. The van der Waals surface area contributed by atoms with Crippen LogP contribution in [0, 0.1) is 5.92 Å². The Morgan fingerprint density at radius 3 is 3.00 bits per heavy atom. The van der Waals surface area contributed by atoms with E-state index in [1.54, 1.807) is 0 Å². The highest BCUT2D eigenvalue weighted by atomic mass is 15.2. The fourth-order valence-electron chi connectivity index (χ4n) is 3.52. The first-order valence-electron chi connectivity index (χ1n) is 6.45. The van der Waals surface area contributed by atoms with Gasteiger partial charge < -0.3 is 10.6 Å². The highest BCUT2D eigenvalue weighted by molar-refractivity contribution is 5.57. The molecule has 3 rings (SSSR count). The van der Waals surface area contributed by atoms with E-state index in [9.17, 15) is 0 Å². The molecule has 0 saturated heterocycles. The SMILES string of the molecule is NCCN1c2ccccc2C[C@@H]2CCC[C@H]21. The molecule has 1 saturated carbocycles. The molecule has 1 fully saturated rings. The monoisotopic (exact) mass is 216 g/mol. The molecule has 2 N–H and O–H groups in total. The third kappa shape index (κ3) is 1.52. The van der Waals surface area contributed by atoms with Gasteiger partial charge in [0.1, 0.15) is 0 Å². The van der Waals surface area contributed by atoms with Gasteiger partial charge in [-0.2, -0.15) is 0 Å². The zero-order chi connectivity index (χ0) is 11.0. The van der Waals surface area contributed by atoms with Gasteiger partial charge in [-0.1, -0.05) is 24.6 Å². The van der Waals surface area contributed by atoms with Crippen LogP contribution in [0.4, 0.5) is 5.69 Å². The van der Waals surface area contributed by atoms with E-state index in [0.29, 0.717) is 0 Å². The number of hydrogen-bond acceptors (Lipinski definition) is 2. The lowest BCUT2D eigenvalue weighted by molar-refractivity contribution is 0.427. The Morgan fingerprint density at radius 1 is 1.25 bits per heavy atom. The van der Waals surface area contributed by atoms with Crippen molar-refractivity contribution in [2.45, 2.75) is 31.7 Å². The summed E-state index contributed by atoms with van der Waals surface area (Å²) in [6.45, 7) is 1.77. The van der Waals surface area contributed by atoms with Crippen molar-refractivity contribution in [3.8, 4) is 0 Å². The van der Waals surface area contributed by atoms with Crippen molar-refractivity contribution in [2.75, 3.05) is 18.0 Å². The molecule has 1 heterocycles. The molecule has 86 valence electrons. The topological polar surface area (TPSA) is 29.3 Å². The van der Waals surface area contributed by atoms with Crippen LogP contribution in [0.3, 0.4) is 0 Å². The zero-order valence-corrected chi connectivity index (χ0v) is 9.73. The molecule has 0 unspecified atom stereocenters. The van der Waals surface area contributed by atoms with Crippen LogP contribution in [0.15, 0.2) is 24.3 Å². The minimum atomic E-state index is 0.761. The van der Waals surface area contributed by atoms with Crippen LogP contribution in [0.1, 0.15) is 24.8 Å².